The lowest BCUT2D eigenvalue weighted by Gasteiger charge is -2.14. The van der Waals surface area contributed by atoms with E-state index in [4.69, 9.17) is 5.26 Å². The van der Waals surface area contributed by atoms with Crippen LogP contribution in [0.4, 0.5) is 4.39 Å². The van der Waals surface area contributed by atoms with Crippen LogP contribution in [0.1, 0.15) is 19.4 Å². The molecule has 0 spiro atoms. The molecule has 0 saturated heterocycles. The van der Waals surface area contributed by atoms with E-state index in [-0.39, 0.29) is 11.7 Å². The molecule has 1 heterocycles. The summed E-state index contributed by atoms with van der Waals surface area (Å²) in [4.78, 5) is 14.7. The summed E-state index contributed by atoms with van der Waals surface area (Å²) in [7, 11) is 0. The molecule has 2 aromatic rings. The predicted octanol–water partition coefficient (Wildman–Crippen LogP) is 2.52. The molecule has 2 rings (SSSR count). The Morgan fingerprint density at radius 3 is 2.95 bits per heavy atom. The van der Waals surface area contributed by atoms with E-state index in [0.29, 0.717) is 13.0 Å². The molecule has 0 fully saturated rings. The van der Waals surface area contributed by atoms with Gasteiger partial charge >= 0.3 is 0 Å². The van der Waals surface area contributed by atoms with Gasteiger partial charge in [0.05, 0.1) is 6.07 Å². The highest BCUT2D eigenvalue weighted by Crippen LogP contribution is 2.19. The topological polar surface area (TPSA) is 68.7 Å². The summed E-state index contributed by atoms with van der Waals surface area (Å²) in [5.74, 6) is -0.569. The third-order valence-corrected chi connectivity index (χ3v) is 3.26. The first kappa shape index (κ1) is 14.1. The van der Waals surface area contributed by atoms with Crippen molar-refractivity contribution in [1.82, 2.24) is 10.3 Å². The summed E-state index contributed by atoms with van der Waals surface area (Å²) in [5.41, 5.74) is 0.724. The van der Waals surface area contributed by atoms with Crippen LogP contribution >= 0.6 is 0 Å². The molecule has 0 aliphatic heterocycles. The van der Waals surface area contributed by atoms with Crippen LogP contribution in [0.3, 0.4) is 0 Å². The smallest absolute Gasteiger partial charge is 0.239 e. The van der Waals surface area contributed by atoms with Crippen molar-refractivity contribution in [2.75, 3.05) is 6.54 Å². The molecule has 0 aliphatic rings. The van der Waals surface area contributed by atoms with E-state index in [1.165, 1.54) is 12.1 Å². The van der Waals surface area contributed by atoms with Gasteiger partial charge in [-0.3, -0.25) is 4.79 Å². The number of nitrogens with zero attached hydrogens (tertiary/aromatic N) is 1. The van der Waals surface area contributed by atoms with Gasteiger partial charge in [0.15, 0.2) is 0 Å². The van der Waals surface area contributed by atoms with Crippen molar-refractivity contribution in [3.8, 4) is 6.07 Å². The van der Waals surface area contributed by atoms with Gasteiger partial charge in [0, 0.05) is 23.6 Å². The molecule has 104 valence electrons. The first-order valence-electron chi connectivity index (χ1n) is 6.39. The average molecular weight is 273 g/mol. The van der Waals surface area contributed by atoms with Crippen molar-refractivity contribution in [3.05, 3.63) is 35.8 Å². The number of aromatic amines is 1. The molecule has 20 heavy (non-hydrogen) atoms. The Morgan fingerprint density at radius 1 is 1.50 bits per heavy atom. The molecule has 5 heteroatoms. The van der Waals surface area contributed by atoms with Crippen molar-refractivity contribution < 1.29 is 9.18 Å². The third kappa shape index (κ3) is 2.80. The molecule has 0 saturated carbocycles. The van der Waals surface area contributed by atoms with Crippen molar-refractivity contribution in [1.29, 1.82) is 5.26 Å². The zero-order valence-corrected chi connectivity index (χ0v) is 11.5. The summed E-state index contributed by atoms with van der Waals surface area (Å²) in [6, 6.07) is 6.53. The Morgan fingerprint density at radius 2 is 2.25 bits per heavy atom. The number of halogens is 1. The number of hydrogen-bond acceptors (Lipinski definition) is 2. The van der Waals surface area contributed by atoms with Crippen molar-refractivity contribution >= 4 is 16.8 Å². The Balaban J connectivity index is 2.01. The number of nitriles is 1. The minimum absolute atomic E-state index is 0.282. The van der Waals surface area contributed by atoms with Gasteiger partial charge in [0.1, 0.15) is 11.2 Å². The van der Waals surface area contributed by atoms with Crippen LogP contribution in [0, 0.1) is 22.6 Å². The Bertz CT molecular complexity index is 682. The van der Waals surface area contributed by atoms with Crippen molar-refractivity contribution in [2.24, 2.45) is 5.41 Å². The summed E-state index contributed by atoms with van der Waals surface area (Å²) in [6.45, 7) is 3.60. The minimum Gasteiger partial charge on any atom is -0.361 e. The van der Waals surface area contributed by atoms with Crippen LogP contribution in [0.2, 0.25) is 0 Å². The second kappa shape index (κ2) is 5.33. The summed E-state index contributed by atoms with van der Waals surface area (Å²) < 4.78 is 13.1. The van der Waals surface area contributed by atoms with E-state index in [2.05, 4.69) is 10.3 Å². The number of carbonyl (C=O) groups excluding carboxylic acids is 1. The first-order chi connectivity index (χ1) is 9.44. The van der Waals surface area contributed by atoms with E-state index in [1.54, 1.807) is 19.9 Å². The molecule has 2 N–H and O–H groups in total. The highest BCUT2D eigenvalue weighted by atomic mass is 19.1. The molecule has 0 bridgehead atoms. The molecular weight excluding hydrogens is 257 g/mol. The molecule has 1 amide bonds. The van der Waals surface area contributed by atoms with Gasteiger partial charge in [-0.15, -0.1) is 0 Å². The number of nitrogens with one attached hydrogen (secondary N) is 2. The molecule has 4 nitrogen and oxygen atoms in total. The second-order valence-electron chi connectivity index (χ2n) is 5.25. The summed E-state index contributed by atoms with van der Waals surface area (Å²) >= 11 is 0. The normalized spacial score (nSPS) is 11.3. The fourth-order valence-corrected chi connectivity index (χ4v) is 1.95. The number of hydrogen-bond donors (Lipinski definition) is 2. The van der Waals surface area contributed by atoms with Crippen LogP contribution in [0.15, 0.2) is 24.4 Å². The number of benzene rings is 1. The number of carbonyl (C=O) groups is 1. The minimum atomic E-state index is -1.02. The Kier molecular flexibility index (Phi) is 3.75. The van der Waals surface area contributed by atoms with E-state index >= 15 is 0 Å². The number of fused-ring (bicyclic) bond motifs is 1. The lowest BCUT2D eigenvalue weighted by atomic mass is 9.95. The highest BCUT2D eigenvalue weighted by molar-refractivity contribution is 5.85. The SMILES string of the molecule is CC(C)(C#N)C(=O)NCCc1c[nH]c2cc(F)ccc12. The van der Waals surface area contributed by atoms with Crippen molar-refractivity contribution in [3.63, 3.8) is 0 Å². The lowest BCUT2D eigenvalue weighted by Crippen LogP contribution is -2.36. The van der Waals surface area contributed by atoms with Crippen LogP contribution in [0.5, 0.6) is 0 Å². The molecular formula is C15H16FN3O. The second-order valence-corrected chi connectivity index (χ2v) is 5.25. The molecule has 1 aromatic carbocycles. The summed E-state index contributed by atoms with van der Waals surface area (Å²) in [5, 5.41) is 12.5. The maximum atomic E-state index is 13.1. The highest BCUT2D eigenvalue weighted by Gasteiger charge is 2.26. The van der Waals surface area contributed by atoms with Gasteiger partial charge in [-0.05, 0) is 44.0 Å². The maximum Gasteiger partial charge on any atom is 0.239 e. The fourth-order valence-electron chi connectivity index (χ4n) is 1.95. The van der Waals surface area contributed by atoms with E-state index in [0.717, 1.165) is 16.5 Å². The Hall–Kier alpha value is -2.35. The fraction of sp³-hybridized carbons (Fsp3) is 0.333. The molecule has 0 radical (unpaired) electrons. The van der Waals surface area contributed by atoms with Crippen molar-refractivity contribution in [2.45, 2.75) is 20.3 Å². The van der Waals surface area contributed by atoms with E-state index in [1.807, 2.05) is 12.3 Å². The van der Waals surface area contributed by atoms with E-state index in [9.17, 15) is 9.18 Å². The lowest BCUT2D eigenvalue weighted by molar-refractivity contribution is -0.126. The molecule has 0 atom stereocenters. The number of amides is 1. The van der Waals surface area contributed by atoms with Crippen LogP contribution < -0.4 is 5.32 Å². The van der Waals surface area contributed by atoms with Crippen LogP contribution in [0.25, 0.3) is 10.9 Å². The zero-order chi connectivity index (χ0) is 14.8. The molecule has 1 aromatic heterocycles. The largest absolute Gasteiger partial charge is 0.361 e. The van der Waals surface area contributed by atoms with Gasteiger partial charge < -0.3 is 10.3 Å². The maximum absolute atomic E-state index is 13.1. The molecule has 0 unspecified atom stereocenters. The summed E-state index contributed by atoms with van der Waals surface area (Å²) in [6.07, 6.45) is 2.44. The first-order valence-corrected chi connectivity index (χ1v) is 6.39. The predicted molar refractivity (Wildman–Crippen MR) is 74.4 cm³/mol. The monoisotopic (exact) mass is 273 g/mol. The van der Waals surface area contributed by atoms with Gasteiger partial charge in [-0.2, -0.15) is 5.26 Å². The Labute approximate surface area is 116 Å². The van der Waals surface area contributed by atoms with Gasteiger partial charge in [0.2, 0.25) is 5.91 Å². The zero-order valence-electron chi connectivity index (χ0n) is 11.5. The standard InChI is InChI=1S/C15H16FN3O/c1-15(2,9-17)14(20)18-6-5-10-8-19-13-7-11(16)3-4-12(10)13/h3-4,7-8,19H,5-6H2,1-2H3,(H,18,20). The van der Waals surface area contributed by atoms with E-state index < -0.39 is 5.41 Å². The number of rotatable bonds is 4. The van der Waals surface area contributed by atoms with Gasteiger partial charge in [-0.25, -0.2) is 4.39 Å². The third-order valence-electron chi connectivity index (χ3n) is 3.26. The molecule has 0 aliphatic carbocycles. The number of H-pyrrole nitrogens is 1. The number of aromatic nitrogens is 1. The van der Waals surface area contributed by atoms with Gasteiger partial charge in [0.25, 0.3) is 0 Å². The van der Waals surface area contributed by atoms with Crippen LogP contribution in [-0.4, -0.2) is 17.4 Å². The average Bonchev–Trinajstić information content (AvgIpc) is 2.81. The van der Waals surface area contributed by atoms with Crippen LogP contribution in [-0.2, 0) is 11.2 Å². The van der Waals surface area contributed by atoms with Gasteiger partial charge in [-0.1, -0.05) is 0 Å². The quantitative estimate of drug-likeness (QED) is 0.898.